The fraction of sp³-hybridized carbons (Fsp3) is 0.714. The molecule has 1 aliphatic rings. The average molecular weight is 280 g/mol. The molecule has 0 spiro atoms. The molecular weight excluding hydrogens is 256 g/mol. The minimum atomic E-state index is -0.335. The van der Waals surface area contributed by atoms with E-state index in [9.17, 15) is 9.90 Å². The zero-order chi connectivity index (χ0) is 14.7. The van der Waals surface area contributed by atoms with Crippen LogP contribution in [-0.2, 0) is 4.79 Å². The minimum absolute atomic E-state index is 0.0610. The van der Waals surface area contributed by atoms with Gasteiger partial charge in [-0.05, 0) is 32.7 Å². The molecule has 2 N–H and O–H groups in total. The summed E-state index contributed by atoms with van der Waals surface area (Å²) in [6, 6.07) is 2.00. The Balaban J connectivity index is 1.88. The van der Waals surface area contributed by atoms with Crippen molar-refractivity contribution in [2.24, 2.45) is 5.92 Å². The lowest BCUT2D eigenvalue weighted by molar-refractivity contribution is -0.118. The highest BCUT2D eigenvalue weighted by molar-refractivity contribution is 5.91. The average Bonchev–Trinajstić information content (AvgIpc) is 2.82. The van der Waals surface area contributed by atoms with Gasteiger partial charge in [0.1, 0.15) is 5.82 Å². The fourth-order valence-electron chi connectivity index (χ4n) is 2.47. The smallest absolute Gasteiger partial charge is 0.239 e. The lowest BCUT2D eigenvalue weighted by Crippen LogP contribution is -2.45. The molecule has 1 amide bonds. The number of likely N-dealkylation sites (tertiary alicyclic amines) is 1. The highest BCUT2D eigenvalue weighted by Gasteiger charge is 2.25. The van der Waals surface area contributed by atoms with E-state index in [2.05, 4.69) is 10.4 Å². The molecule has 2 atom stereocenters. The molecule has 0 aromatic carbocycles. The van der Waals surface area contributed by atoms with Crippen LogP contribution in [0.25, 0.3) is 0 Å². The van der Waals surface area contributed by atoms with Gasteiger partial charge in [-0.3, -0.25) is 9.69 Å². The molecule has 6 nitrogen and oxygen atoms in total. The Morgan fingerprint density at radius 2 is 2.35 bits per heavy atom. The zero-order valence-corrected chi connectivity index (χ0v) is 12.4. The molecule has 0 bridgehead atoms. The van der Waals surface area contributed by atoms with Crippen LogP contribution in [0.1, 0.15) is 33.2 Å². The number of β-amino-alcohol motifs (C(OH)–C–C–N with tert-alkyl or cyclic N) is 1. The second-order valence-electron chi connectivity index (χ2n) is 5.87. The third-order valence-corrected chi connectivity index (χ3v) is 3.80. The van der Waals surface area contributed by atoms with Crippen LogP contribution in [-0.4, -0.2) is 51.4 Å². The van der Waals surface area contributed by atoms with Crippen molar-refractivity contribution < 1.29 is 9.90 Å². The predicted octanol–water partition coefficient (Wildman–Crippen LogP) is 1.11. The molecule has 0 radical (unpaired) electrons. The summed E-state index contributed by atoms with van der Waals surface area (Å²) in [6.07, 6.45) is 2.28. The number of aliphatic hydroxyl groups excluding tert-OH is 1. The number of rotatable bonds is 4. The third-order valence-electron chi connectivity index (χ3n) is 3.80. The first-order valence-electron chi connectivity index (χ1n) is 7.21. The van der Waals surface area contributed by atoms with Crippen LogP contribution in [0.4, 0.5) is 5.82 Å². The Labute approximate surface area is 119 Å². The molecule has 6 heteroatoms. The number of hydrogen-bond donors (Lipinski definition) is 2. The van der Waals surface area contributed by atoms with Gasteiger partial charge < -0.3 is 10.4 Å². The van der Waals surface area contributed by atoms with E-state index in [-0.39, 0.29) is 18.1 Å². The molecule has 2 unspecified atom stereocenters. The molecular formula is C14H24N4O2. The van der Waals surface area contributed by atoms with Crippen molar-refractivity contribution in [3.8, 4) is 0 Å². The first-order valence-corrected chi connectivity index (χ1v) is 7.21. The van der Waals surface area contributed by atoms with Gasteiger partial charge in [-0.1, -0.05) is 6.92 Å². The topological polar surface area (TPSA) is 70.4 Å². The van der Waals surface area contributed by atoms with E-state index in [1.54, 1.807) is 16.9 Å². The molecule has 1 aliphatic heterocycles. The number of anilines is 1. The normalized spacial score (nSPS) is 24.1. The summed E-state index contributed by atoms with van der Waals surface area (Å²) in [4.78, 5) is 14.1. The van der Waals surface area contributed by atoms with Gasteiger partial charge in [-0.15, -0.1) is 0 Å². The molecule has 0 aliphatic carbocycles. The van der Waals surface area contributed by atoms with E-state index in [4.69, 9.17) is 0 Å². The summed E-state index contributed by atoms with van der Waals surface area (Å²) >= 11 is 0. The summed E-state index contributed by atoms with van der Waals surface area (Å²) in [6.45, 7) is 7.82. The van der Waals surface area contributed by atoms with Crippen LogP contribution in [0.15, 0.2) is 12.3 Å². The Hall–Kier alpha value is -1.40. The molecule has 1 aromatic heterocycles. The quantitative estimate of drug-likeness (QED) is 0.866. The minimum Gasteiger partial charge on any atom is -0.392 e. The number of aliphatic hydroxyl groups is 1. The lowest BCUT2D eigenvalue weighted by Gasteiger charge is -2.33. The first-order chi connectivity index (χ1) is 9.47. The molecule has 112 valence electrons. The maximum atomic E-state index is 12.1. The third kappa shape index (κ3) is 3.58. The maximum Gasteiger partial charge on any atom is 0.239 e. The van der Waals surface area contributed by atoms with E-state index < -0.39 is 0 Å². The van der Waals surface area contributed by atoms with Crippen LogP contribution < -0.4 is 5.32 Å². The highest BCUT2D eigenvalue weighted by Crippen LogP contribution is 2.17. The van der Waals surface area contributed by atoms with E-state index in [0.717, 1.165) is 18.8 Å². The fourth-order valence-corrected chi connectivity index (χ4v) is 2.47. The van der Waals surface area contributed by atoms with Gasteiger partial charge in [-0.2, -0.15) is 5.10 Å². The molecule has 2 rings (SSSR count). The molecule has 20 heavy (non-hydrogen) atoms. The maximum absolute atomic E-state index is 12.1. The van der Waals surface area contributed by atoms with Crippen molar-refractivity contribution >= 4 is 11.7 Å². The second-order valence-corrected chi connectivity index (χ2v) is 5.87. The van der Waals surface area contributed by atoms with Gasteiger partial charge in [0.05, 0.1) is 18.8 Å². The van der Waals surface area contributed by atoms with Crippen molar-refractivity contribution in [1.29, 1.82) is 0 Å². The number of nitrogens with zero attached hydrogens (tertiary/aromatic N) is 3. The van der Waals surface area contributed by atoms with Crippen LogP contribution in [0.3, 0.4) is 0 Å². The van der Waals surface area contributed by atoms with Gasteiger partial charge in [0.15, 0.2) is 0 Å². The number of nitrogens with one attached hydrogen (secondary N) is 1. The Bertz CT molecular complexity index is 458. The standard InChI is InChI=1S/C14H24N4O2/c1-10(2)18-13(4-6-15-18)16-14(20)9-17-7-5-11(3)12(19)8-17/h4,6,10-12,19H,5,7-9H2,1-3H3,(H,16,20). The van der Waals surface area contributed by atoms with Crippen molar-refractivity contribution in [3.63, 3.8) is 0 Å². The van der Waals surface area contributed by atoms with Gasteiger partial charge >= 0.3 is 0 Å². The molecule has 1 fully saturated rings. The first kappa shape index (κ1) is 15.0. The predicted molar refractivity (Wildman–Crippen MR) is 77.5 cm³/mol. The number of carbonyl (C=O) groups is 1. The van der Waals surface area contributed by atoms with Crippen LogP contribution in [0, 0.1) is 5.92 Å². The number of carbonyl (C=O) groups excluding carboxylic acids is 1. The monoisotopic (exact) mass is 280 g/mol. The SMILES string of the molecule is CC1CCN(CC(=O)Nc2ccnn2C(C)C)CC1O. The highest BCUT2D eigenvalue weighted by atomic mass is 16.3. The summed E-state index contributed by atoms with van der Waals surface area (Å²) in [5.74, 6) is 0.974. The molecule has 0 saturated carbocycles. The summed E-state index contributed by atoms with van der Waals surface area (Å²) in [5, 5.41) is 16.9. The zero-order valence-electron chi connectivity index (χ0n) is 12.4. The lowest BCUT2D eigenvalue weighted by atomic mass is 9.96. The van der Waals surface area contributed by atoms with E-state index in [1.807, 2.05) is 25.7 Å². The van der Waals surface area contributed by atoms with Gasteiger partial charge in [0, 0.05) is 18.7 Å². The number of hydrogen-bond acceptors (Lipinski definition) is 4. The Morgan fingerprint density at radius 3 is 3.00 bits per heavy atom. The van der Waals surface area contributed by atoms with Crippen molar-refractivity contribution in [2.75, 3.05) is 25.0 Å². The summed E-state index contributed by atoms with van der Waals surface area (Å²) in [5.41, 5.74) is 0. The van der Waals surface area contributed by atoms with E-state index in [0.29, 0.717) is 19.0 Å². The van der Waals surface area contributed by atoms with Crippen molar-refractivity contribution in [3.05, 3.63) is 12.3 Å². The summed E-state index contributed by atoms with van der Waals surface area (Å²) in [7, 11) is 0. The molecule has 1 saturated heterocycles. The van der Waals surface area contributed by atoms with Crippen LogP contribution in [0.5, 0.6) is 0 Å². The van der Waals surface area contributed by atoms with Crippen LogP contribution in [0.2, 0.25) is 0 Å². The summed E-state index contributed by atoms with van der Waals surface area (Å²) < 4.78 is 1.78. The van der Waals surface area contributed by atoms with Gasteiger partial charge in [0.2, 0.25) is 5.91 Å². The number of amides is 1. The molecule has 1 aromatic rings. The van der Waals surface area contributed by atoms with Gasteiger partial charge in [0.25, 0.3) is 0 Å². The van der Waals surface area contributed by atoms with Crippen molar-refractivity contribution in [1.82, 2.24) is 14.7 Å². The number of piperidine rings is 1. The van der Waals surface area contributed by atoms with Crippen molar-refractivity contribution in [2.45, 2.75) is 39.3 Å². The Morgan fingerprint density at radius 1 is 1.60 bits per heavy atom. The molecule has 2 heterocycles. The van der Waals surface area contributed by atoms with Crippen LogP contribution >= 0.6 is 0 Å². The van der Waals surface area contributed by atoms with E-state index in [1.165, 1.54) is 0 Å². The Kier molecular flexibility index (Phi) is 4.77. The largest absolute Gasteiger partial charge is 0.392 e. The van der Waals surface area contributed by atoms with Gasteiger partial charge in [-0.25, -0.2) is 4.68 Å². The number of aromatic nitrogens is 2. The van der Waals surface area contributed by atoms with E-state index >= 15 is 0 Å². The second kappa shape index (κ2) is 6.37.